The number of nitro benzene ring substituents is 1. The monoisotopic (exact) mass is 819 g/mol. The van der Waals surface area contributed by atoms with E-state index in [-0.39, 0.29) is 49.2 Å². The van der Waals surface area contributed by atoms with Crippen LogP contribution >= 0.6 is 22.6 Å². The Bertz CT molecular complexity index is 1930. The molecule has 0 unspecified atom stereocenters. The summed E-state index contributed by atoms with van der Waals surface area (Å²) in [7, 11) is -0.973. The third-order valence-electron chi connectivity index (χ3n) is 10.6. The van der Waals surface area contributed by atoms with E-state index >= 15 is 4.79 Å². The molecule has 266 valence electrons. The van der Waals surface area contributed by atoms with Gasteiger partial charge in [-0.25, -0.2) is 0 Å². The Morgan fingerprint density at radius 3 is 2.39 bits per heavy atom. The lowest BCUT2D eigenvalue weighted by atomic mass is 9.82. The number of benzene rings is 4. The zero-order valence-electron chi connectivity index (χ0n) is 29.1. The van der Waals surface area contributed by atoms with Gasteiger partial charge in [0.05, 0.1) is 51.5 Å². The highest BCUT2D eigenvalue weighted by atomic mass is 127. The number of halogens is 1. The Labute approximate surface area is 312 Å². The number of amides is 2. The van der Waals surface area contributed by atoms with Crippen LogP contribution in [0.4, 0.5) is 11.4 Å². The SMILES string of the molecule is COc1ccc([Si](C)(C)[C@@H]2[C@@H](CC(=O)N(CCO)Cc3ccccc3)O[C@]3(C(=O)N(Cc4cccc(I)c4)c4ccc([N+](=O)[O-])cc43)[C@H]2C)cc1. The standard InChI is InChI=1S/C39H42IN3O7Si/c1-26-37(51(3,4)32-16-14-31(49-2)15-17-32)35(23-36(45)41(19-20-44)24-27-9-6-5-7-10-27)50-39(26)33-22-30(43(47)48)13-18-34(33)42(38(39)46)25-28-11-8-12-29(40)21-28/h5-18,21-22,26,35,37,44H,19-20,23-25H2,1-4H3/t26-,35+,37-,39+/m0/s1. The molecule has 12 heteroatoms. The van der Waals surface area contributed by atoms with Crippen LogP contribution in [-0.2, 0) is 33.0 Å². The van der Waals surface area contributed by atoms with Crippen molar-refractivity contribution in [1.29, 1.82) is 0 Å². The van der Waals surface area contributed by atoms with Crippen molar-refractivity contribution in [2.45, 2.75) is 56.8 Å². The number of aliphatic hydroxyl groups excluding tert-OH is 1. The van der Waals surface area contributed by atoms with Gasteiger partial charge in [0.2, 0.25) is 5.91 Å². The molecule has 2 aliphatic rings. The molecule has 4 aromatic carbocycles. The molecular weight excluding hydrogens is 777 g/mol. The summed E-state index contributed by atoms with van der Waals surface area (Å²) < 4.78 is 13.6. The number of non-ortho nitro benzene ring substituents is 1. The smallest absolute Gasteiger partial charge is 0.269 e. The molecule has 1 fully saturated rings. The van der Waals surface area contributed by atoms with Crippen molar-refractivity contribution in [3.63, 3.8) is 0 Å². The van der Waals surface area contributed by atoms with E-state index in [9.17, 15) is 20.0 Å². The van der Waals surface area contributed by atoms with Crippen LogP contribution in [-0.4, -0.2) is 61.2 Å². The van der Waals surface area contributed by atoms with Crippen LogP contribution in [0, 0.1) is 19.6 Å². The van der Waals surface area contributed by atoms with Gasteiger partial charge >= 0.3 is 0 Å². The van der Waals surface area contributed by atoms with E-state index in [4.69, 9.17) is 9.47 Å². The number of nitro groups is 1. The molecule has 6 rings (SSSR count). The summed E-state index contributed by atoms with van der Waals surface area (Å²) in [5, 5.41) is 23.2. The third kappa shape index (κ3) is 6.94. The van der Waals surface area contributed by atoms with Crippen molar-refractivity contribution in [2.24, 2.45) is 5.92 Å². The molecule has 1 spiro atoms. The van der Waals surface area contributed by atoms with Crippen molar-refractivity contribution in [2.75, 3.05) is 25.2 Å². The van der Waals surface area contributed by atoms with Gasteiger partial charge in [0.25, 0.3) is 11.6 Å². The molecule has 4 aromatic rings. The number of fused-ring (bicyclic) bond motifs is 2. The highest BCUT2D eigenvalue weighted by Crippen LogP contribution is 2.60. The fraction of sp³-hybridized carbons (Fsp3) is 0.333. The molecule has 2 aliphatic heterocycles. The summed E-state index contributed by atoms with van der Waals surface area (Å²) >= 11 is 2.24. The van der Waals surface area contributed by atoms with Gasteiger partial charge in [0.1, 0.15) is 5.75 Å². The summed E-state index contributed by atoms with van der Waals surface area (Å²) in [6.45, 7) is 6.96. The van der Waals surface area contributed by atoms with Crippen molar-refractivity contribution in [1.82, 2.24) is 4.90 Å². The van der Waals surface area contributed by atoms with Gasteiger partial charge in [0, 0.05) is 40.3 Å². The predicted octanol–water partition coefficient (Wildman–Crippen LogP) is 6.38. The van der Waals surface area contributed by atoms with Gasteiger partial charge in [-0.05, 0) is 69.6 Å². The Morgan fingerprint density at radius 2 is 1.75 bits per heavy atom. The third-order valence-corrected chi connectivity index (χ3v) is 15.6. The number of ether oxygens (including phenoxy) is 2. The molecule has 4 atom stereocenters. The number of hydrogen-bond acceptors (Lipinski definition) is 7. The minimum Gasteiger partial charge on any atom is -0.497 e. The summed E-state index contributed by atoms with van der Waals surface area (Å²) in [6.07, 6.45) is -0.716. The highest BCUT2D eigenvalue weighted by Gasteiger charge is 2.66. The summed E-state index contributed by atoms with van der Waals surface area (Å²) in [5.74, 6) is -0.220. The molecule has 0 aromatic heterocycles. The van der Waals surface area contributed by atoms with E-state index in [1.165, 1.54) is 12.1 Å². The van der Waals surface area contributed by atoms with Crippen molar-refractivity contribution < 1.29 is 29.1 Å². The number of rotatable bonds is 12. The maximum atomic E-state index is 15.1. The number of methoxy groups -OCH3 is 1. The maximum absolute atomic E-state index is 15.1. The summed E-state index contributed by atoms with van der Waals surface area (Å²) in [5.41, 5.74) is 0.923. The van der Waals surface area contributed by atoms with Gasteiger partial charge in [-0.3, -0.25) is 19.7 Å². The van der Waals surface area contributed by atoms with Gasteiger partial charge in [-0.1, -0.05) is 79.8 Å². The molecule has 2 heterocycles. The minimum atomic E-state index is -2.59. The fourth-order valence-electron chi connectivity index (χ4n) is 8.11. The number of anilines is 1. The van der Waals surface area contributed by atoms with Crippen LogP contribution in [0.25, 0.3) is 0 Å². The molecule has 0 aliphatic carbocycles. The van der Waals surface area contributed by atoms with Crippen molar-refractivity contribution in [3.05, 3.63) is 127 Å². The Hall–Kier alpha value is -4.11. The quantitative estimate of drug-likeness (QED) is 0.0762. The van der Waals surface area contributed by atoms with E-state index < -0.39 is 30.6 Å². The number of hydrogen-bond donors (Lipinski definition) is 1. The minimum absolute atomic E-state index is 0.0232. The van der Waals surface area contributed by atoms with E-state index in [0.717, 1.165) is 25.6 Å². The molecule has 1 saturated heterocycles. The lowest BCUT2D eigenvalue weighted by Gasteiger charge is -2.37. The fourth-order valence-corrected chi connectivity index (χ4v) is 12.7. The lowest BCUT2D eigenvalue weighted by molar-refractivity contribution is -0.385. The predicted molar refractivity (Wildman–Crippen MR) is 207 cm³/mol. The Morgan fingerprint density at radius 1 is 1.04 bits per heavy atom. The van der Waals surface area contributed by atoms with E-state index in [1.807, 2.05) is 85.8 Å². The molecule has 1 N–H and O–H groups in total. The molecule has 10 nitrogen and oxygen atoms in total. The average Bonchev–Trinajstić information content (AvgIpc) is 3.54. The van der Waals surface area contributed by atoms with Gasteiger partial charge < -0.3 is 24.4 Å². The largest absolute Gasteiger partial charge is 0.497 e. The first-order chi connectivity index (χ1) is 24.4. The van der Waals surface area contributed by atoms with Crippen LogP contribution < -0.4 is 14.8 Å². The highest BCUT2D eigenvalue weighted by molar-refractivity contribution is 14.1. The van der Waals surface area contributed by atoms with Crippen LogP contribution in [0.1, 0.15) is 30.0 Å². The first-order valence-electron chi connectivity index (χ1n) is 17.0. The molecule has 0 bridgehead atoms. The molecule has 2 amide bonds. The van der Waals surface area contributed by atoms with E-state index in [1.54, 1.807) is 23.0 Å². The molecule has 51 heavy (non-hydrogen) atoms. The molecular formula is C39H42IN3O7Si. The number of aliphatic hydroxyl groups is 1. The first kappa shape index (κ1) is 36.7. The number of carbonyl (C=O) groups excluding carboxylic acids is 2. The van der Waals surface area contributed by atoms with Crippen LogP contribution in [0.2, 0.25) is 18.6 Å². The van der Waals surface area contributed by atoms with Crippen molar-refractivity contribution in [3.8, 4) is 5.75 Å². The second-order valence-electron chi connectivity index (χ2n) is 13.9. The lowest BCUT2D eigenvalue weighted by Crippen LogP contribution is -2.52. The van der Waals surface area contributed by atoms with Crippen LogP contribution in [0.5, 0.6) is 5.75 Å². The number of nitrogens with zero attached hydrogens (tertiary/aromatic N) is 3. The molecule has 0 radical (unpaired) electrons. The van der Waals surface area contributed by atoms with Gasteiger partial charge in [-0.2, -0.15) is 0 Å². The zero-order valence-corrected chi connectivity index (χ0v) is 32.3. The first-order valence-corrected chi connectivity index (χ1v) is 21.2. The summed E-state index contributed by atoms with van der Waals surface area (Å²) in [6, 6.07) is 30.0. The second kappa shape index (κ2) is 14.9. The van der Waals surface area contributed by atoms with E-state index in [0.29, 0.717) is 17.8 Å². The maximum Gasteiger partial charge on any atom is 0.269 e. The second-order valence-corrected chi connectivity index (χ2v) is 19.8. The topological polar surface area (TPSA) is 122 Å². The Kier molecular flexibility index (Phi) is 10.7. The number of carbonyl (C=O) groups is 2. The molecule has 0 saturated carbocycles. The zero-order chi connectivity index (χ0) is 36.5. The summed E-state index contributed by atoms with van der Waals surface area (Å²) in [4.78, 5) is 44.3. The van der Waals surface area contributed by atoms with Gasteiger partial charge in [-0.15, -0.1) is 0 Å². The average molecular weight is 820 g/mol. The van der Waals surface area contributed by atoms with Crippen LogP contribution in [0.15, 0.2) is 97.1 Å². The van der Waals surface area contributed by atoms with Crippen molar-refractivity contribution >= 4 is 59.0 Å². The van der Waals surface area contributed by atoms with E-state index in [2.05, 4.69) is 35.7 Å². The van der Waals surface area contributed by atoms with Crippen LogP contribution in [0.3, 0.4) is 0 Å². The normalized spacial score (nSPS) is 21.2. The van der Waals surface area contributed by atoms with Gasteiger partial charge in [0.15, 0.2) is 5.60 Å². The Balaban J connectivity index is 1.46.